The molecule has 1 heterocycles. The van der Waals surface area contributed by atoms with Gasteiger partial charge < -0.3 is 26.0 Å². The number of hydrogen-bond acceptors (Lipinski definition) is 5. The van der Waals surface area contributed by atoms with E-state index < -0.39 is 30.0 Å². The summed E-state index contributed by atoms with van der Waals surface area (Å²) in [5.41, 5.74) is 2.72. The molecule has 3 aromatic carbocycles. The smallest absolute Gasteiger partial charge is 0.404 e. The first-order valence-electron chi connectivity index (χ1n) is 14.6. The van der Waals surface area contributed by atoms with Gasteiger partial charge in [0, 0.05) is 43.6 Å². The van der Waals surface area contributed by atoms with Crippen molar-refractivity contribution >= 4 is 58.5 Å². The van der Waals surface area contributed by atoms with Gasteiger partial charge in [0.2, 0.25) is 17.7 Å². The van der Waals surface area contributed by atoms with Crippen molar-refractivity contribution in [1.82, 2.24) is 15.5 Å². The monoisotopic (exact) mass is 652 g/mol. The van der Waals surface area contributed by atoms with Crippen LogP contribution in [0.2, 0.25) is 10.0 Å². The molecule has 45 heavy (non-hydrogen) atoms. The Morgan fingerprint density at radius 1 is 0.867 bits per heavy atom. The van der Waals surface area contributed by atoms with E-state index in [0.717, 1.165) is 11.1 Å². The minimum absolute atomic E-state index is 0.00556. The largest absolute Gasteiger partial charge is 0.465 e. The number of Topliss-reactive ketones (excluding diaryl/α,β-unsaturated/α-hetero) is 1. The number of carbonyl (C=O) groups excluding carboxylic acids is 4. The first-order chi connectivity index (χ1) is 21.6. The van der Waals surface area contributed by atoms with Gasteiger partial charge in [-0.1, -0.05) is 77.8 Å². The van der Waals surface area contributed by atoms with Gasteiger partial charge in [0.25, 0.3) is 0 Å². The Morgan fingerprint density at radius 3 is 2.29 bits per heavy atom. The molecule has 0 aromatic heterocycles. The van der Waals surface area contributed by atoms with E-state index in [1.807, 2.05) is 24.3 Å². The highest BCUT2D eigenvalue weighted by Gasteiger charge is 2.36. The number of nitrogens with one attached hydrogen (secondary N) is 3. The summed E-state index contributed by atoms with van der Waals surface area (Å²) >= 11 is 12.1. The number of amides is 4. The Morgan fingerprint density at radius 2 is 1.58 bits per heavy atom. The quantitative estimate of drug-likeness (QED) is 0.142. The van der Waals surface area contributed by atoms with Crippen molar-refractivity contribution in [2.75, 3.05) is 11.9 Å². The van der Waals surface area contributed by atoms with E-state index in [0.29, 0.717) is 29.1 Å². The molecule has 3 aromatic rings. The molecule has 12 heteroatoms. The van der Waals surface area contributed by atoms with E-state index in [1.54, 1.807) is 36.4 Å². The van der Waals surface area contributed by atoms with Crippen molar-refractivity contribution < 1.29 is 29.1 Å². The molecule has 1 aliphatic rings. The average Bonchev–Trinajstić information content (AvgIpc) is 3.04. The van der Waals surface area contributed by atoms with Crippen LogP contribution in [0.25, 0.3) is 0 Å². The van der Waals surface area contributed by atoms with Crippen LogP contribution in [0.4, 0.5) is 10.5 Å². The maximum Gasteiger partial charge on any atom is 0.404 e. The third-order valence-corrected chi connectivity index (χ3v) is 8.29. The highest BCUT2D eigenvalue weighted by atomic mass is 35.5. The minimum atomic E-state index is -1.15. The van der Waals surface area contributed by atoms with Crippen LogP contribution in [0.5, 0.6) is 0 Å². The van der Waals surface area contributed by atoms with Crippen LogP contribution in [-0.4, -0.2) is 58.2 Å². The van der Waals surface area contributed by atoms with Crippen molar-refractivity contribution in [3.8, 4) is 0 Å². The van der Waals surface area contributed by atoms with E-state index >= 15 is 0 Å². The first-order valence-corrected chi connectivity index (χ1v) is 15.4. The molecule has 0 unspecified atom stereocenters. The number of unbranched alkanes of at least 4 members (excludes halogenated alkanes) is 1. The molecule has 2 atom stereocenters. The molecule has 0 spiro atoms. The normalized spacial score (nSPS) is 14.5. The van der Waals surface area contributed by atoms with Crippen molar-refractivity contribution in [3.63, 3.8) is 0 Å². The highest BCUT2D eigenvalue weighted by Crippen LogP contribution is 2.27. The van der Waals surface area contributed by atoms with Gasteiger partial charge in [0.15, 0.2) is 5.78 Å². The molecule has 0 saturated heterocycles. The number of ketones is 1. The van der Waals surface area contributed by atoms with Gasteiger partial charge in [0.05, 0.1) is 10.0 Å². The zero-order valence-corrected chi connectivity index (χ0v) is 25.9. The van der Waals surface area contributed by atoms with E-state index in [9.17, 15) is 24.0 Å². The lowest BCUT2D eigenvalue weighted by Crippen LogP contribution is -2.56. The number of halogens is 2. The highest BCUT2D eigenvalue weighted by molar-refractivity contribution is 6.42. The van der Waals surface area contributed by atoms with Gasteiger partial charge in [-0.3, -0.25) is 19.2 Å². The summed E-state index contributed by atoms with van der Waals surface area (Å²) in [6, 6.07) is 19.0. The lowest BCUT2D eigenvalue weighted by Gasteiger charge is -2.37. The van der Waals surface area contributed by atoms with Crippen LogP contribution in [0.15, 0.2) is 72.8 Å². The second kappa shape index (κ2) is 16.1. The fraction of sp³-hybridized carbons (Fsp3) is 0.303. The molecule has 4 rings (SSSR count). The molecule has 4 N–H and O–H groups in total. The molecule has 10 nitrogen and oxygen atoms in total. The van der Waals surface area contributed by atoms with Crippen LogP contribution in [0.3, 0.4) is 0 Å². The summed E-state index contributed by atoms with van der Waals surface area (Å²) in [4.78, 5) is 65.7. The fourth-order valence-electron chi connectivity index (χ4n) is 5.16. The number of carboxylic acid groups (broad SMARTS) is 1. The lowest BCUT2D eigenvalue weighted by atomic mass is 9.92. The summed E-state index contributed by atoms with van der Waals surface area (Å²) < 4.78 is 0. The Hall–Kier alpha value is -4.41. The molecule has 0 radical (unpaired) electrons. The predicted molar refractivity (Wildman–Crippen MR) is 171 cm³/mol. The number of hydrogen-bond donors (Lipinski definition) is 4. The van der Waals surface area contributed by atoms with Crippen LogP contribution < -0.4 is 16.0 Å². The first kappa shape index (κ1) is 33.5. The van der Waals surface area contributed by atoms with E-state index in [-0.39, 0.29) is 55.5 Å². The Bertz CT molecular complexity index is 1550. The van der Waals surface area contributed by atoms with Gasteiger partial charge in [-0.2, -0.15) is 0 Å². The van der Waals surface area contributed by atoms with Gasteiger partial charge in [-0.15, -0.1) is 0 Å². The molecule has 0 fully saturated rings. The van der Waals surface area contributed by atoms with E-state index in [2.05, 4.69) is 16.0 Å². The van der Waals surface area contributed by atoms with Crippen molar-refractivity contribution in [3.05, 3.63) is 99.5 Å². The second-order valence-electron chi connectivity index (χ2n) is 10.7. The second-order valence-corrected chi connectivity index (χ2v) is 11.5. The van der Waals surface area contributed by atoms with Crippen molar-refractivity contribution in [2.45, 2.75) is 57.2 Å². The average molecular weight is 654 g/mol. The Kier molecular flexibility index (Phi) is 11.9. The summed E-state index contributed by atoms with van der Waals surface area (Å²) in [6.45, 7) is 0.376. The third kappa shape index (κ3) is 9.54. The molecule has 4 amide bonds. The number of carbonyl (C=O) groups is 5. The SMILES string of the molecule is O=C(O)NCCCC[C@H](NC(=O)[C@@H]1Cc2ccccc2CN1C(=O)CCC(=O)c1ccccc1)C(=O)Nc1ccc(Cl)c(Cl)c1. The van der Waals surface area contributed by atoms with Gasteiger partial charge in [0.1, 0.15) is 12.1 Å². The molecule has 0 aliphatic carbocycles. The van der Waals surface area contributed by atoms with Crippen molar-refractivity contribution in [1.29, 1.82) is 0 Å². The third-order valence-electron chi connectivity index (χ3n) is 7.55. The Balaban J connectivity index is 1.50. The topological polar surface area (TPSA) is 145 Å². The van der Waals surface area contributed by atoms with E-state index in [1.165, 1.54) is 17.0 Å². The number of benzene rings is 3. The molecule has 0 saturated carbocycles. The molecule has 1 aliphatic heterocycles. The standard InChI is InChI=1S/C33H34Cl2N4O6/c34-25-14-13-24(19-26(25)35)37-31(42)27(12-6-7-17-36-33(44)45)38-32(43)28-18-22-10-4-5-11-23(22)20-39(28)30(41)16-15-29(40)21-8-2-1-3-9-21/h1-5,8-11,13-14,19,27-28,36H,6-7,12,15-18,20H2,(H,37,42)(H,38,43)(H,44,45)/t27-,28-/m0/s1. The van der Waals surface area contributed by atoms with Crippen molar-refractivity contribution in [2.24, 2.45) is 0 Å². The van der Waals surface area contributed by atoms with Crippen LogP contribution in [0, 0.1) is 0 Å². The molecule has 0 bridgehead atoms. The number of rotatable bonds is 13. The summed E-state index contributed by atoms with van der Waals surface area (Å²) in [5.74, 6) is -1.52. The Labute approximate surface area is 271 Å². The summed E-state index contributed by atoms with van der Waals surface area (Å²) in [6.07, 6.45) is 0.0942. The minimum Gasteiger partial charge on any atom is -0.465 e. The van der Waals surface area contributed by atoms with Gasteiger partial charge in [-0.05, 0) is 48.6 Å². The zero-order valence-electron chi connectivity index (χ0n) is 24.4. The van der Waals surface area contributed by atoms with Gasteiger partial charge >= 0.3 is 6.09 Å². The summed E-state index contributed by atoms with van der Waals surface area (Å²) in [7, 11) is 0. The lowest BCUT2D eigenvalue weighted by molar-refractivity contribution is -0.142. The van der Waals surface area contributed by atoms with Crippen LogP contribution >= 0.6 is 23.2 Å². The molecular formula is C33H34Cl2N4O6. The number of fused-ring (bicyclic) bond motifs is 1. The molecular weight excluding hydrogens is 619 g/mol. The number of nitrogens with zero attached hydrogens (tertiary/aromatic N) is 1. The maximum atomic E-state index is 13.8. The molecule has 236 valence electrons. The van der Waals surface area contributed by atoms with Crippen LogP contribution in [0.1, 0.15) is 53.6 Å². The number of anilines is 1. The maximum absolute atomic E-state index is 13.8. The van der Waals surface area contributed by atoms with Crippen LogP contribution in [-0.2, 0) is 27.3 Å². The zero-order chi connectivity index (χ0) is 32.3. The summed E-state index contributed by atoms with van der Waals surface area (Å²) in [5, 5.41) is 17.3. The fourth-order valence-corrected chi connectivity index (χ4v) is 5.46. The van der Waals surface area contributed by atoms with E-state index in [4.69, 9.17) is 28.3 Å². The van der Waals surface area contributed by atoms with Gasteiger partial charge in [-0.25, -0.2) is 4.79 Å². The predicted octanol–water partition coefficient (Wildman–Crippen LogP) is 5.47.